The minimum atomic E-state index is -0.497. The van der Waals surface area contributed by atoms with Crippen molar-refractivity contribution < 1.29 is 9.53 Å². The number of hydrogen-bond acceptors (Lipinski definition) is 3. The van der Waals surface area contributed by atoms with Crippen LogP contribution in [0, 0.1) is 12.3 Å². The van der Waals surface area contributed by atoms with Crippen molar-refractivity contribution in [2.45, 2.75) is 37.6 Å². The van der Waals surface area contributed by atoms with Gasteiger partial charge in [0, 0.05) is 5.02 Å². The Kier molecular flexibility index (Phi) is 2.70. The van der Waals surface area contributed by atoms with Crippen LogP contribution in [0.3, 0.4) is 0 Å². The molecule has 19 heavy (non-hydrogen) atoms. The first-order valence-electron chi connectivity index (χ1n) is 6.53. The lowest BCUT2D eigenvalue weighted by Gasteiger charge is -2.72. The molecule has 102 valence electrons. The van der Waals surface area contributed by atoms with Crippen molar-refractivity contribution in [1.82, 2.24) is 0 Å². The van der Waals surface area contributed by atoms with E-state index in [0.29, 0.717) is 0 Å². The van der Waals surface area contributed by atoms with E-state index in [1.807, 2.05) is 13.0 Å². The van der Waals surface area contributed by atoms with Crippen LogP contribution >= 0.6 is 11.6 Å². The number of nitrogens with two attached hydrogens (primary N) is 1. The monoisotopic (exact) mass is 279 g/mol. The van der Waals surface area contributed by atoms with Crippen LogP contribution in [0.5, 0.6) is 0 Å². The summed E-state index contributed by atoms with van der Waals surface area (Å²) in [5.74, 6) is -0.302. The average molecular weight is 280 g/mol. The SMILES string of the molecule is COC(=O)C(N)C12CC(c3ccc(C)cc3Cl)(C1)C2. The summed E-state index contributed by atoms with van der Waals surface area (Å²) in [4.78, 5) is 11.6. The highest BCUT2D eigenvalue weighted by atomic mass is 35.5. The van der Waals surface area contributed by atoms with Gasteiger partial charge in [-0.15, -0.1) is 0 Å². The minimum absolute atomic E-state index is 0.0543. The van der Waals surface area contributed by atoms with Crippen LogP contribution in [0.1, 0.15) is 30.4 Å². The number of carbonyl (C=O) groups is 1. The number of carbonyl (C=O) groups excluding carboxylic acids is 1. The van der Waals surface area contributed by atoms with Crippen LogP contribution in [0.15, 0.2) is 18.2 Å². The number of rotatable bonds is 3. The molecule has 2 N–H and O–H groups in total. The van der Waals surface area contributed by atoms with Gasteiger partial charge in [-0.25, -0.2) is 0 Å². The molecule has 0 radical (unpaired) electrons. The van der Waals surface area contributed by atoms with E-state index in [-0.39, 0.29) is 16.8 Å². The van der Waals surface area contributed by atoms with Crippen molar-refractivity contribution in [3.8, 4) is 0 Å². The van der Waals surface area contributed by atoms with Gasteiger partial charge in [-0.3, -0.25) is 4.79 Å². The van der Waals surface area contributed by atoms with Gasteiger partial charge in [0.25, 0.3) is 0 Å². The smallest absolute Gasteiger partial charge is 0.323 e. The summed E-state index contributed by atoms with van der Waals surface area (Å²) in [5, 5.41) is 0.833. The molecule has 3 aliphatic carbocycles. The minimum Gasteiger partial charge on any atom is -0.468 e. The molecule has 0 heterocycles. The molecule has 1 aromatic rings. The van der Waals surface area contributed by atoms with E-state index in [0.717, 1.165) is 24.3 Å². The van der Waals surface area contributed by atoms with Crippen LogP contribution < -0.4 is 5.73 Å². The quantitative estimate of drug-likeness (QED) is 0.865. The van der Waals surface area contributed by atoms with Crippen molar-refractivity contribution in [1.29, 1.82) is 0 Å². The topological polar surface area (TPSA) is 52.3 Å². The molecule has 2 bridgehead atoms. The van der Waals surface area contributed by atoms with Gasteiger partial charge >= 0.3 is 5.97 Å². The molecule has 4 rings (SSSR count). The second kappa shape index (κ2) is 3.97. The Morgan fingerprint density at radius 3 is 2.58 bits per heavy atom. The van der Waals surface area contributed by atoms with Crippen LogP contribution in [0.4, 0.5) is 0 Å². The number of ether oxygens (including phenoxy) is 1. The molecule has 3 fully saturated rings. The molecule has 3 aliphatic rings. The third-order valence-electron chi connectivity index (χ3n) is 4.88. The molecule has 0 aromatic heterocycles. The third kappa shape index (κ3) is 1.65. The molecular formula is C15H18ClNO2. The summed E-state index contributed by atoms with van der Waals surface area (Å²) in [6.07, 6.45) is 2.83. The second-order valence-corrected chi connectivity index (χ2v) is 6.56. The first-order valence-corrected chi connectivity index (χ1v) is 6.90. The van der Waals surface area contributed by atoms with E-state index in [2.05, 4.69) is 12.1 Å². The fourth-order valence-corrected chi connectivity index (χ4v) is 4.34. The Balaban J connectivity index is 1.78. The van der Waals surface area contributed by atoms with Crippen molar-refractivity contribution >= 4 is 17.6 Å². The maximum atomic E-state index is 11.6. The number of benzene rings is 1. The van der Waals surface area contributed by atoms with Gasteiger partial charge in [-0.1, -0.05) is 23.7 Å². The van der Waals surface area contributed by atoms with Crippen LogP contribution in [0.25, 0.3) is 0 Å². The van der Waals surface area contributed by atoms with E-state index >= 15 is 0 Å². The zero-order valence-electron chi connectivity index (χ0n) is 11.2. The van der Waals surface area contributed by atoms with E-state index in [1.54, 1.807) is 0 Å². The number of methoxy groups -OCH3 is 1. The Hall–Kier alpha value is -1.06. The van der Waals surface area contributed by atoms with E-state index < -0.39 is 6.04 Å². The fourth-order valence-electron chi connectivity index (χ4n) is 3.91. The summed E-state index contributed by atoms with van der Waals surface area (Å²) >= 11 is 6.34. The third-order valence-corrected chi connectivity index (χ3v) is 5.19. The van der Waals surface area contributed by atoms with Gasteiger partial charge in [0.2, 0.25) is 0 Å². The Bertz CT molecular complexity index is 535. The largest absolute Gasteiger partial charge is 0.468 e. The zero-order chi connectivity index (χ0) is 13.8. The summed E-state index contributed by atoms with van der Waals surface area (Å²) < 4.78 is 4.75. The Morgan fingerprint density at radius 2 is 2.05 bits per heavy atom. The maximum absolute atomic E-state index is 11.6. The molecule has 1 unspecified atom stereocenters. The standard InChI is InChI=1S/C15H18ClNO2/c1-9-3-4-10(11(16)5-9)14-6-15(7-14,8-14)12(17)13(18)19-2/h3-5,12H,6-8,17H2,1-2H3. The van der Waals surface area contributed by atoms with Gasteiger partial charge in [0.1, 0.15) is 6.04 Å². The molecule has 0 aliphatic heterocycles. The lowest BCUT2D eigenvalue weighted by atomic mass is 9.31. The first kappa shape index (κ1) is 12.9. The predicted octanol–water partition coefficient (Wildman–Crippen LogP) is 2.57. The lowest BCUT2D eigenvalue weighted by Crippen LogP contribution is -2.72. The van der Waals surface area contributed by atoms with Gasteiger partial charge in [-0.05, 0) is 54.2 Å². The van der Waals surface area contributed by atoms with E-state index in [1.165, 1.54) is 18.2 Å². The Labute approximate surface area is 118 Å². The fraction of sp³-hybridized carbons (Fsp3) is 0.533. The molecule has 0 spiro atoms. The first-order chi connectivity index (χ1) is 8.92. The number of halogens is 1. The second-order valence-electron chi connectivity index (χ2n) is 6.16. The van der Waals surface area contributed by atoms with Crippen molar-refractivity contribution in [2.24, 2.45) is 11.1 Å². The number of esters is 1. The van der Waals surface area contributed by atoms with Gasteiger partial charge < -0.3 is 10.5 Å². The normalized spacial score (nSPS) is 33.1. The molecule has 0 saturated heterocycles. The van der Waals surface area contributed by atoms with Crippen LogP contribution in [0.2, 0.25) is 5.02 Å². The van der Waals surface area contributed by atoms with Crippen molar-refractivity contribution in [2.75, 3.05) is 7.11 Å². The summed E-state index contributed by atoms with van der Waals surface area (Å²) in [5.41, 5.74) is 8.47. The Morgan fingerprint density at radius 1 is 1.42 bits per heavy atom. The van der Waals surface area contributed by atoms with Gasteiger partial charge in [-0.2, -0.15) is 0 Å². The zero-order valence-corrected chi connectivity index (χ0v) is 12.0. The van der Waals surface area contributed by atoms with Gasteiger partial charge in [0.15, 0.2) is 0 Å². The number of aryl methyl sites for hydroxylation is 1. The predicted molar refractivity (Wildman–Crippen MR) is 74.1 cm³/mol. The molecule has 3 nitrogen and oxygen atoms in total. The number of hydrogen-bond donors (Lipinski definition) is 1. The summed E-state index contributed by atoms with van der Waals surface area (Å²) in [6.45, 7) is 2.03. The highest BCUT2D eigenvalue weighted by molar-refractivity contribution is 6.31. The van der Waals surface area contributed by atoms with Crippen molar-refractivity contribution in [3.63, 3.8) is 0 Å². The molecule has 1 atom stereocenters. The van der Waals surface area contributed by atoms with Crippen LogP contribution in [-0.2, 0) is 14.9 Å². The molecule has 0 amide bonds. The molecule has 3 saturated carbocycles. The average Bonchev–Trinajstić information content (AvgIpc) is 2.27. The maximum Gasteiger partial charge on any atom is 0.323 e. The van der Waals surface area contributed by atoms with E-state index in [4.69, 9.17) is 22.1 Å². The summed E-state index contributed by atoms with van der Waals surface area (Å²) in [6, 6.07) is 5.71. The lowest BCUT2D eigenvalue weighted by molar-refractivity contribution is -0.181. The van der Waals surface area contributed by atoms with E-state index in [9.17, 15) is 4.79 Å². The molecule has 1 aromatic carbocycles. The van der Waals surface area contributed by atoms with Crippen molar-refractivity contribution in [3.05, 3.63) is 34.3 Å². The summed E-state index contributed by atoms with van der Waals surface area (Å²) in [7, 11) is 1.39. The molecule has 4 heteroatoms. The highest BCUT2D eigenvalue weighted by Gasteiger charge is 2.72. The highest BCUT2D eigenvalue weighted by Crippen LogP contribution is 2.75. The molecular weight excluding hydrogens is 262 g/mol. The van der Waals surface area contributed by atoms with Crippen LogP contribution in [-0.4, -0.2) is 19.1 Å². The van der Waals surface area contributed by atoms with Gasteiger partial charge in [0.05, 0.1) is 7.11 Å².